The molecule has 1 heterocycles. The molecule has 1 aromatic carbocycles. The summed E-state index contributed by atoms with van der Waals surface area (Å²) in [7, 11) is 0. The van der Waals surface area contributed by atoms with E-state index < -0.39 is 0 Å². The molecule has 116 valence electrons. The van der Waals surface area contributed by atoms with E-state index in [1.54, 1.807) is 24.3 Å². The van der Waals surface area contributed by atoms with Crippen LogP contribution in [0.3, 0.4) is 0 Å². The van der Waals surface area contributed by atoms with Crippen LogP contribution in [-0.4, -0.2) is 17.4 Å². The molecule has 0 fully saturated rings. The van der Waals surface area contributed by atoms with Gasteiger partial charge in [0.25, 0.3) is 0 Å². The molecule has 0 aliphatic rings. The van der Waals surface area contributed by atoms with Crippen LogP contribution in [0, 0.1) is 0 Å². The summed E-state index contributed by atoms with van der Waals surface area (Å²) in [5.74, 6) is 0.189. The maximum absolute atomic E-state index is 12.2. The molecule has 1 amide bonds. The minimum atomic E-state index is -0.0924. The number of benzene rings is 1. The number of halogens is 2. The maximum Gasteiger partial charge on any atom is 0.217 e. The lowest BCUT2D eigenvalue weighted by Crippen LogP contribution is -2.18. The predicted octanol–water partition coefficient (Wildman–Crippen LogP) is 4.67. The third-order valence-corrected chi connectivity index (χ3v) is 5.83. The smallest absolute Gasteiger partial charge is 0.217 e. The van der Waals surface area contributed by atoms with Crippen molar-refractivity contribution in [2.24, 2.45) is 0 Å². The number of nitrogens with one attached hydrogen (secondary N) is 1. The summed E-state index contributed by atoms with van der Waals surface area (Å²) in [6, 6.07) is 8.89. The summed E-state index contributed by atoms with van der Waals surface area (Å²) in [6.45, 7) is 1.90. The molecule has 2 rings (SSSR count). The Morgan fingerprint density at radius 2 is 1.86 bits per heavy atom. The number of hydrogen-bond acceptors (Lipinski definition) is 4. The fourth-order valence-corrected chi connectivity index (χ4v) is 4.21. The predicted molar refractivity (Wildman–Crippen MR) is 93.4 cm³/mol. The summed E-state index contributed by atoms with van der Waals surface area (Å²) >= 11 is 14.9. The van der Waals surface area contributed by atoms with Crippen LogP contribution in [0.2, 0.25) is 10.0 Å². The number of hydrogen-bond donors (Lipinski definition) is 1. The average molecular weight is 374 g/mol. The van der Waals surface area contributed by atoms with Gasteiger partial charge in [-0.15, -0.1) is 23.1 Å². The number of thioether (sulfide) groups is 1. The summed E-state index contributed by atoms with van der Waals surface area (Å²) < 4.78 is 0. The van der Waals surface area contributed by atoms with Gasteiger partial charge in [0, 0.05) is 16.7 Å². The zero-order valence-electron chi connectivity index (χ0n) is 11.7. The van der Waals surface area contributed by atoms with Gasteiger partial charge in [-0.05, 0) is 24.3 Å². The zero-order chi connectivity index (χ0) is 16.1. The van der Waals surface area contributed by atoms with Gasteiger partial charge in [-0.3, -0.25) is 9.59 Å². The van der Waals surface area contributed by atoms with Crippen molar-refractivity contribution >= 4 is 58.0 Å². The number of carbonyl (C=O) groups excluding carboxylic acids is 2. The lowest BCUT2D eigenvalue weighted by atomic mass is 10.3. The van der Waals surface area contributed by atoms with Gasteiger partial charge in [0.2, 0.25) is 5.91 Å². The molecule has 0 saturated carbocycles. The molecular weight excluding hydrogens is 361 g/mol. The molecule has 0 radical (unpaired) electrons. The number of rotatable bonds is 6. The van der Waals surface area contributed by atoms with Gasteiger partial charge in [0.1, 0.15) is 0 Å². The minimum Gasteiger partial charge on any atom is -0.351 e. The van der Waals surface area contributed by atoms with Crippen molar-refractivity contribution < 1.29 is 9.59 Å². The Labute approximate surface area is 147 Å². The SMILES string of the molecule is CC(=O)NCc1ccc(C(=O)CSc2c(Cl)cccc2Cl)s1. The minimum absolute atomic E-state index is 0.0139. The normalized spacial score (nSPS) is 10.5. The van der Waals surface area contributed by atoms with Gasteiger partial charge in [0.15, 0.2) is 5.78 Å². The lowest BCUT2D eigenvalue weighted by Gasteiger charge is -2.05. The van der Waals surface area contributed by atoms with Crippen LogP contribution < -0.4 is 5.32 Å². The van der Waals surface area contributed by atoms with Crippen LogP contribution >= 0.6 is 46.3 Å². The van der Waals surface area contributed by atoms with E-state index in [2.05, 4.69) is 5.32 Å². The van der Waals surface area contributed by atoms with E-state index in [9.17, 15) is 9.59 Å². The molecule has 7 heteroatoms. The molecule has 0 aliphatic heterocycles. The van der Waals surface area contributed by atoms with E-state index in [0.29, 0.717) is 26.4 Å². The highest BCUT2D eigenvalue weighted by Gasteiger charge is 2.13. The summed E-state index contributed by atoms with van der Waals surface area (Å²) in [5.41, 5.74) is 0. The average Bonchev–Trinajstić information content (AvgIpc) is 2.93. The molecule has 0 spiro atoms. The highest BCUT2D eigenvalue weighted by molar-refractivity contribution is 8.00. The second-order valence-corrected chi connectivity index (χ2v) is 7.41. The summed E-state index contributed by atoms with van der Waals surface area (Å²) in [5, 5.41) is 3.80. The van der Waals surface area contributed by atoms with Crippen molar-refractivity contribution in [1.82, 2.24) is 5.32 Å². The van der Waals surface area contributed by atoms with Crippen molar-refractivity contribution in [3.63, 3.8) is 0 Å². The Hall–Kier alpha value is -1.01. The van der Waals surface area contributed by atoms with Crippen LogP contribution in [0.1, 0.15) is 21.5 Å². The van der Waals surface area contributed by atoms with E-state index in [1.807, 2.05) is 6.07 Å². The Morgan fingerprint density at radius 1 is 1.18 bits per heavy atom. The first kappa shape index (κ1) is 17.3. The van der Waals surface area contributed by atoms with Gasteiger partial charge >= 0.3 is 0 Å². The molecule has 1 aromatic heterocycles. The van der Waals surface area contributed by atoms with Gasteiger partial charge in [0.05, 0.1) is 27.2 Å². The van der Waals surface area contributed by atoms with E-state index in [4.69, 9.17) is 23.2 Å². The Kier molecular flexibility index (Phi) is 6.32. The molecular formula is C15H13Cl2NO2S2. The number of thiophene rings is 1. The first-order chi connectivity index (χ1) is 10.5. The van der Waals surface area contributed by atoms with Crippen molar-refractivity contribution in [2.75, 3.05) is 5.75 Å². The second kappa shape index (κ2) is 8.02. The maximum atomic E-state index is 12.2. The van der Waals surface area contributed by atoms with Crippen LogP contribution in [0.4, 0.5) is 0 Å². The highest BCUT2D eigenvalue weighted by atomic mass is 35.5. The third kappa shape index (κ3) is 4.74. The Balaban J connectivity index is 1.96. The van der Waals surface area contributed by atoms with Gasteiger partial charge in [-0.25, -0.2) is 0 Å². The monoisotopic (exact) mass is 373 g/mol. The van der Waals surface area contributed by atoms with E-state index >= 15 is 0 Å². The fraction of sp³-hybridized carbons (Fsp3) is 0.200. The molecule has 3 nitrogen and oxygen atoms in total. The quantitative estimate of drug-likeness (QED) is 0.591. The van der Waals surface area contributed by atoms with Crippen molar-refractivity contribution in [3.05, 3.63) is 50.1 Å². The number of carbonyl (C=O) groups is 2. The zero-order valence-corrected chi connectivity index (χ0v) is 14.8. The molecule has 0 aliphatic carbocycles. The van der Waals surface area contributed by atoms with Crippen LogP contribution in [0.5, 0.6) is 0 Å². The van der Waals surface area contributed by atoms with Crippen molar-refractivity contribution in [3.8, 4) is 0 Å². The van der Waals surface area contributed by atoms with E-state index in [-0.39, 0.29) is 17.4 Å². The van der Waals surface area contributed by atoms with Crippen LogP contribution in [0.25, 0.3) is 0 Å². The van der Waals surface area contributed by atoms with Crippen LogP contribution in [-0.2, 0) is 11.3 Å². The van der Waals surface area contributed by atoms with Gasteiger partial charge in [-0.1, -0.05) is 29.3 Å². The number of ketones is 1. The molecule has 0 atom stereocenters. The summed E-state index contributed by atoms with van der Waals surface area (Å²) in [6.07, 6.45) is 0. The first-order valence-corrected chi connectivity index (χ1v) is 8.96. The second-order valence-electron chi connectivity index (χ2n) is 4.44. The number of Topliss-reactive ketones (excluding diaryl/α,β-unsaturated/α-hetero) is 1. The standard InChI is InChI=1S/C15H13Cl2NO2S2/c1-9(19)18-7-10-5-6-14(22-10)13(20)8-21-15-11(16)3-2-4-12(15)17/h2-6H,7-8H2,1H3,(H,18,19). The molecule has 22 heavy (non-hydrogen) atoms. The Bertz CT molecular complexity index is 680. The van der Waals surface area contributed by atoms with E-state index in [0.717, 1.165) is 4.88 Å². The van der Waals surface area contributed by atoms with Crippen molar-refractivity contribution in [1.29, 1.82) is 0 Å². The molecule has 0 bridgehead atoms. The van der Waals surface area contributed by atoms with Crippen molar-refractivity contribution in [2.45, 2.75) is 18.4 Å². The molecule has 1 N–H and O–H groups in total. The third-order valence-electron chi connectivity index (χ3n) is 2.71. The van der Waals surface area contributed by atoms with Crippen LogP contribution in [0.15, 0.2) is 35.2 Å². The lowest BCUT2D eigenvalue weighted by molar-refractivity contribution is -0.119. The van der Waals surface area contributed by atoms with Gasteiger partial charge in [-0.2, -0.15) is 0 Å². The molecule has 0 unspecified atom stereocenters. The molecule has 2 aromatic rings. The highest BCUT2D eigenvalue weighted by Crippen LogP contribution is 2.34. The molecule has 0 saturated heterocycles. The van der Waals surface area contributed by atoms with Gasteiger partial charge < -0.3 is 5.32 Å². The largest absolute Gasteiger partial charge is 0.351 e. The first-order valence-electron chi connectivity index (χ1n) is 6.40. The topological polar surface area (TPSA) is 46.2 Å². The number of amides is 1. The fourth-order valence-electron chi connectivity index (χ4n) is 1.66. The van der Waals surface area contributed by atoms with E-state index in [1.165, 1.54) is 30.0 Å². The Morgan fingerprint density at radius 3 is 2.50 bits per heavy atom. The summed E-state index contributed by atoms with van der Waals surface area (Å²) in [4.78, 5) is 25.4.